The number of benzene rings is 1. The maximum atomic E-state index is 13.5. The molecule has 7 heteroatoms. The SMILES string of the molecule is O=c1onc(-c2ccccn2)n1CCSc1ccccc1F. The van der Waals surface area contributed by atoms with Crippen LogP contribution < -0.4 is 5.76 Å². The first kappa shape index (κ1) is 14.5. The molecule has 0 N–H and O–H groups in total. The van der Waals surface area contributed by atoms with E-state index in [0.29, 0.717) is 28.7 Å². The summed E-state index contributed by atoms with van der Waals surface area (Å²) in [5.74, 6) is 0.0756. The molecule has 0 aliphatic rings. The Morgan fingerprint density at radius 2 is 2.00 bits per heavy atom. The lowest BCUT2D eigenvalue weighted by molar-refractivity contribution is 0.377. The molecule has 0 spiro atoms. The molecular weight excluding hydrogens is 305 g/mol. The smallest absolute Gasteiger partial charge is 0.295 e. The monoisotopic (exact) mass is 317 g/mol. The maximum absolute atomic E-state index is 13.5. The van der Waals surface area contributed by atoms with Gasteiger partial charge in [-0.2, -0.15) is 0 Å². The third kappa shape index (κ3) is 3.09. The lowest BCUT2D eigenvalue weighted by Crippen LogP contribution is -2.17. The molecule has 3 aromatic rings. The van der Waals surface area contributed by atoms with E-state index in [1.165, 1.54) is 22.4 Å². The predicted octanol–water partition coefficient (Wildman–Crippen LogP) is 2.83. The highest BCUT2D eigenvalue weighted by atomic mass is 32.2. The molecule has 2 heterocycles. The lowest BCUT2D eigenvalue weighted by Gasteiger charge is -2.05. The standard InChI is InChI=1S/C15H12FN3O2S/c16-11-5-1-2-7-13(11)22-10-9-19-14(18-21-15(19)20)12-6-3-4-8-17-12/h1-8H,9-10H2. The van der Waals surface area contributed by atoms with E-state index in [2.05, 4.69) is 10.1 Å². The Bertz CT molecular complexity index is 817. The van der Waals surface area contributed by atoms with Crippen LogP contribution in [0.2, 0.25) is 0 Å². The molecule has 0 radical (unpaired) electrons. The highest BCUT2D eigenvalue weighted by molar-refractivity contribution is 7.99. The minimum Gasteiger partial charge on any atom is -0.295 e. The van der Waals surface area contributed by atoms with Crippen molar-refractivity contribution < 1.29 is 8.91 Å². The van der Waals surface area contributed by atoms with E-state index in [9.17, 15) is 9.18 Å². The highest BCUT2D eigenvalue weighted by Crippen LogP contribution is 2.21. The zero-order valence-electron chi connectivity index (χ0n) is 11.5. The van der Waals surface area contributed by atoms with Gasteiger partial charge in [0.2, 0.25) is 5.82 Å². The van der Waals surface area contributed by atoms with E-state index in [-0.39, 0.29) is 5.82 Å². The fourth-order valence-electron chi connectivity index (χ4n) is 1.95. The molecule has 0 fully saturated rings. The van der Waals surface area contributed by atoms with E-state index in [0.717, 1.165) is 0 Å². The van der Waals surface area contributed by atoms with Gasteiger partial charge in [0.05, 0.1) is 0 Å². The molecule has 0 aliphatic carbocycles. The summed E-state index contributed by atoms with van der Waals surface area (Å²) in [4.78, 5) is 16.4. The van der Waals surface area contributed by atoms with Crippen molar-refractivity contribution in [3.8, 4) is 11.5 Å². The summed E-state index contributed by atoms with van der Waals surface area (Å²) >= 11 is 1.33. The molecule has 112 valence electrons. The maximum Gasteiger partial charge on any atom is 0.441 e. The normalized spacial score (nSPS) is 10.8. The predicted molar refractivity (Wildman–Crippen MR) is 81.1 cm³/mol. The Hall–Kier alpha value is -2.41. The van der Waals surface area contributed by atoms with Gasteiger partial charge in [0.25, 0.3) is 0 Å². The molecule has 0 aliphatic heterocycles. The van der Waals surface area contributed by atoms with Crippen LogP contribution in [0.1, 0.15) is 0 Å². The Balaban J connectivity index is 1.75. The fraction of sp³-hybridized carbons (Fsp3) is 0.133. The second kappa shape index (κ2) is 6.57. The number of pyridine rings is 1. The number of halogens is 1. The van der Waals surface area contributed by atoms with Crippen LogP contribution in [-0.2, 0) is 6.54 Å². The molecule has 5 nitrogen and oxygen atoms in total. The molecule has 0 saturated heterocycles. The summed E-state index contributed by atoms with van der Waals surface area (Å²) in [6.07, 6.45) is 1.62. The van der Waals surface area contributed by atoms with Crippen LogP contribution in [0.5, 0.6) is 0 Å². The van der Waals surface area contributed by atoms with E-state index in [1.807, 2.05) is 0 Å². The number of aromatic nitrogens is 3. The third-order valence-corrected chi connectivity index (χ3v) is 4.02. The topological polar surface area (TPSA) is 60.9 Å². The molecule has 3 rings (SSSR count). The van der Waals surface area contributed by atoms with Gasteiger partial charge in [-0.1, -0.05) is 23.4 Å². The zero-order valence-corrected chi connectivity index (χ0v) is 12.3. The van der Waals surface area contributed by atoms with Crippen molar-refractivity contribution in [2.75, 3.05) is 5.75 Å². The van der Waals surface area contributed by atoms with Crippen molar-refractivity contribution in [1.29, 1.82) is 0 Å². The molecule has 0 amide bonds. The van der Waals surface area contributed by atoms with Gasteiger partial charge in [0, 0.05) is 23.4 Å². The Morgan fingerprint density at radius 3 is 2.77 bits per heavy atom. The second-order valence-corrected chi connectivity index (χ2v) is 5.55. The summed E-state index contributed by atoms with van der Waals surface area (Å²) in [7, 11) is 0. The number of thioether (sulfide) groups is 1. The van der Waals surface area contributed by atoms with Crippen molar-refractivity contribution in [2.45, 2.75) is 11.4 Å². The van der Waals surface area contributed by atoms with Crippen molar-refractivity contribution in [1.82, 2.24) is 14.7 Å². The van der Waals surface area contributed by atoms with Gasteiger partial charge in [0.1, 0.15) is 11.5 Å². The zero-order chi connectivity index (χ0) is 15.4. The lowest BCUT2D eigenvalue weighted by atomic mass is 10.3. The van der Waals surface area contributed by atoms with Crippen LogP contribution in [0.25, 0.3) is 11.5 Å². The average Bonchev–Trinajstić information content (AvgIpc) is 2.91. The molecule has 2 aromatic heterocycles. The molecule has 1 aromatic carbocycles. The van der Waals surface area contributed by atoms with Gasteiger partial charge in [-0.05, 0) is 24.3 Å². The van der Waals surface area contributed by atoms with Gasteiger partial charge in [-0.3, -0.25) is 14.1 Å². The number of hydrogen-bond acceptors (Lipinski definition) is 5. The molecule has 0 unspecified atom stereocenters. The first-order valence-electron chi connectivity index (χ1n) is 6.61. The van der Waals surface area contributed by atoms with Crippen LogP contribution >= 0.6 is 11.8 Å². The van der Waals surface area contributed by atoms with Gasteiger partial charge in [0.15, 0.2) is 0 Å². The first-order chi connectivity index (χ1) is 10.8. The largest absolute Gasteiger partial charge is 0.441 e. The van der Waals surface area contributed by atoms with Crippen molar-refractivity contribution in [3.63, 3.8) is 0 Å². The van der Waals surface area contributed by atoms with Crippen LogP contribution in [0.4, 0.5) is 4.39 Å². The van der Waals surface area contributed by atoms with Gasteiger partial charge in [-0.25, -0.2) is 9.18 Å². The summed E-state index contributed by atoms with van der Waals surface area (Å²) in [5.41, 5.74) is 0.559. The molecule has 0 bridgehead atoms. The molecular formula is C15H12FN3O2S. The minimum atomic E-state index is -0.546. The Labute approximate surface area is 129 Å². The summed E-state index contributed by atoms with van der Waals surface area (Å²) in [6.45, 7) is 0.354. The molecule has 22 heavy (non-hydrogen) atoms. The molecule has 0 atom stereocenters. The number of rotatable bonds is 5. The van der Waals surface area contributed by atoms with E-state index >= 15 is 0 Å². The average molecular weight is 317 g/mol. The third-order valence-electron chi connectivity index (χ3n) is 2.99. The number of hydrogen-bond donors (Lipinski definition) is 0. The summed E-state index contributed by atoms with van der Waals surface area (Å²) in [5, 5.41) is 3.76. The van der Waals surface area contributed by atoms with Crippen LogP contribution in [0, 0.1) is 5.82 Å². The second-order valence-electron chi connectivity index (χ2n) is 4.42. The van der Waals surface area contributed by atoms with Crippen LogP contribution in [-0.4, -0.2) is 20.5 Å². The first-order valence-corrected chi connectivity index (χ1v) is 7.59. The van der Waals surface area contributed by atoms with Crippen molar-refractivity contribution in [2.24, 2.45) is 0 Å². The number of nitrogens with zero attached hydrogens (tertiary/aromatic N) is 3. The molecule has 0 saturated carbocycles. The van der Waals surface area contributed by atoms with Gasteiger partial charge >= 0.3 is 5.76 Å². The Morgan fingerprint density at radius 1 is 1.18 bits per heavy atom. The van der Waals surface area contributed by atoms with Crippen molar-refractivity contribution >= 4 is 11.8 Å². The summed E-state index contributed by atoms with van der Waals surface area (Å²) < 4.78 is 19.7. The van der Waals surface area contributed by atoms with Gasteiger partial charge < -0.3 is 0 Å². The van der Waals surface area contributed by atoms with E-state index < -0.39 is 5.76 Å². The Kier molecular flexibility index (Phi) is 4.34. The van der Waals surface area contributed by atoms with E-state index in [1.54, 1.807) is 42.6 Å². The van der Waals surface area contributed by atoms with Crippen LogP contribution in [0.3, 0.4) is 0 Å². The minimum absolute atomic E-state index is 0.268. The highest BCUT2D eigenvalue weighted by Gasteiger charge is 2.13. The van der Waals surface area contributed by atoms with Gasteiger partial charge in [-0.15, -0.1) is 11.8 Å². The summed E-state index contributed by atoms with van der Waals surface area (Å²) in [6, 6.07) is 11.9. The van der Waals surface area contributed by atoms with Crippen molar-refractivity contribution in [3.05, 3.63) is 65.0 Å². The van der Waals surface area contributed by atoms with Crippen LogP contribution in [0.15, 0.2) is 62.9 Å². The van der Waals surface area contributed by atoms with E-state index in [4.69, 9.17) is 4.52 Å². The fourth-order valence-corrected chi connectivity index (χ4v) is 2.83. The quantitative estimate of drug-likeness (QED) is 0.677.